The van der Waals surface area contributed by atoms with E-state index in [0.29, 0.717) is 10.8 Å². The summed E-state index contributed by atoms with van der Waals surface area (Å²) in [5.41, 5.74) is 2.86. The van der Waals surface area contributed by atoms with Crippen LogP contribution in [0.2, 0.25) is 0 Å². The van der Waals surface area contributed by atoms with Crippen molar-refractivity contribution < 1.29 is 9.59 Å². The van der Waals surface area contributed by atoms with Gasteiger partial charge in [-0.1, -0.05) is 24.8 Å². The van der Waals surface area contributed by atoms with Crippen LogP contribution in [0.3, 0.4) is 0 Å². The fraction of sp³-hybridized carbons (Fsp3) is 0.333. The maximum absolute atomic E-state index is 11.8. The number of aromatic nitrogens is 3. The number of hydrogen-bond acceptors (Lipinski definition) is 5. The van der Waals surface area contributed by atoms with E-state index < -0.39 is 11.9 Å². The predicted molar refractivity (Wildman–Crippen MR) is 89.6 cm³/mol. The Morgan fingerprint density at radius 3 is 2.70 bits per heavy atom. The molecule has 8 heteroatoms. The van der Waals surface area contributed by atoms with Gasteiger partial charge in [0.25, 0.3) is 0 Å². The standard InChI is InChI=1S/C15H19N5O2S/c1-4-12-17-15(20-19-12)23-8-13(21)18-14(22)16-11-6-5-9(2)10(3)7-11/h5-7H,4,8H2,1-3H3,(H,17,19,20)(H2,16,18,21,22). The third-order valence-corrected chi connectivity index (χ3v) is 4.04. The minimum atomic E-state index is -0.553. The molecule has 1 aromatic carbocycles. The highest BCUT2D eigenvalue weighted by molar-refractivity contribution is 7.99. The number of carbonyl (C=O) groups is 2. The minimum Gasteiger partial charge on any atom is -0.308 e. The van der Waals surface area contributed by atoms with Crippen LogP contribution in [-0.2, 0) is 11.2 Å². The largest absolute Gasteiger partial charge is 0.325 e. The number of anilines is 1. The second kappa shape index (κ2) is 7.77. The molecule has 0 saturated carbocycles. The third-order valence-electron chi connectivity index (χ3n) is 3.20. The van der Waals surface area contributed by atoms with Crippen LogP contribution in [0, 0.1) is 13.8 Å². The Morgan fingerprint density at radius 2 is 2.04 bits per heavy atom. The van der Waals surface area contributed by atoms with Crippen LogP contribution in [-0.4, -0.2) is 32.9 Å². The van der Waals surface area contributed by atoms with Crippen molar-refractivity contribution in [3.8, 4) is 0 Å². The summed E-state index contributed by atoms with van der Waals surface area (Å²) in [4.78, 5) is 27.7. The van der Waals surface area contributed by atoms with Crippen LogP contribution in [0.15, 0.2) is 23.4 Å². The molecule has 23 heavy (non-hydrogen) atoms. The molecule has 0 fully saturated rings. The number of aromatic amines is 1. The number of aryl methyl sites for hydroxylation is 3. The second-order valence-electron chi connectivity index (χ2n) is 5.01. The van der Waals surface area contributed by atoms with Crippen LogP contribution >= 0.6 is 11.8 Å². The van der Waals surface area contributed by atoms with Gasteiger partial charge >= 0.3 is 6.03 Å². The number of imide groups is 1. The molecule has 0 aliphatic rings. The number of rotatable bonds is 5. The summed E-state index contributed by atoms with van der Waals surface area (Å²) in [7, 11) is 0. The van der Waals surface area contributed by atoms with Gasteiger partial charge in [-0.3, -0.25) is 15.2 Å². The van der Waals surface area contributed by atoms with Crippen molar-refractivity contribution in [3.63, 3.8) is 0 Å². The minimum absolute atomic E-state index is 0.0708. The molecule has 0 bridgehead atoms. The Labute approximate surface area is 138 Å². The first kappa shape index (κ1) is 17.0. The third kappa shape index (κ3) is 5.10. The fourth-order valence-corrected chi connectivity index (χ4v) is 2.39. The summed E-state index contributed by atoms with van der Waals surface area (Å²) in [5, 5.41) is 12.1. The van der Waals surface area contributed by atoms with Gasteiger partial charge < -0.3 is 5.32 Å². The van der Waals surface area contributed by atoms with Gasteiger partial charge in [0.2, 0.25) is 11.1 Å². The van der Waals surface area contributed by atoms with Crippen molar-refractivity contribution in [3.05, 3.63) is 35.2 Å². The van der Waals surface area contributed by atoms with Gasteiger partial charge in [0.15, 0.2) is 0 Å². The molecule has 0 aliphatic heterocycles. The summed E-state index contributed by atoms with van der Waals surface area (Å²) >= 11 is 1.17. The number of carbonyl (C=O) groups excluding carboxylic acids is 2. The summed E-state index contributed by atoms with van der Waals surface area (Å²) in [6.07, 6.45) is 0.748. The Morgan fingerprint density at radius 1 is 1.26 bits per heavy atom. The van der Waals surface area contributed by atoms with E-state index in [2.05, 4.69) is 25.8 Å². The van der Waals surface area contributed by atoms with Crippen LogP contribution < -0.4 is 10.6 Å². The quantitative estimate of drug-likeness (QED) is 0.730. The van der Waals surface area contributed by atoms with Crippen LogP contribution in [0.5, 0.6) is 0 Å². The molecule has 7 nitrogen and oxygen atoms in total. The van der Waals surface area contributed by atoms with Crippen molar-refractivity contribution in [1.82, 2.24) is 20.5 Å². The maximum atomic E-state index is 11.8. The topological polar surface area (TPSA) is 99.8 Å². The highest BCUT2D eigenvalue weighted by atomic mass is 32.2. The molecular formula is C15H19N5O2S. The average Bonchev–Trinajstić information content (AvgIpc) is 2.97. The molecule has 2 aromatic rings. The van der Waals surface area contributed by atoms with Crippen LogP contribution in [0.4, 0.5) is 10.5 Å². The van der Waals surface area contributed by atoms with Crippen molar-refractivity contribution >= 4 is 29.4 Å². The number of urea groups is 1. The summed E-state index contributed by atoms with van der Waals surface area (Å²) in [6.45, 7) is 5.91. The average molecular weight is 333 g/mol. The van der Waals surface area contributed by atoms with Crippen molar-refractivity contribution in [2.75, 3.05) is 11.1 Å². The molecule has 0 saturated heterocycles. The number of benzene rings is 1. The van der Waals surface area contributed by atoms with Crippen molar-refractivity contribution in [2.45, 2.75) is 32.3 Å². The van der Waals surface area contributed by atoms with E-state index in [0.717, 1.165) is 23.4 Å². The summed E-state index contributed by atoms with van der Waals surface area (Å²) in [6, 6.07) is 5.01. The molecule has 0 radical (unpaired) electrons. The lowest BCUT2D eigenvalue weighted by Gasteiger charge is -2.08. The van der Waals surface area contributed by atoms with Gasteiger partial charge in [-0.2, -0.15) is 0 Å². The molecule has 0 atom stereocenters. The zero-order valence-electron chi connectivity index (χ0n) is 13.3. The van der Waals surface area contributed by atoms with E-state index in [4.69, 9.17) is 0 Å². The van der Waals surface area contributed by atoms with E-state index in [9.17, 15) is 9.59 Å². The number of H-pyrrole nitrogens is 1. The SMILES string of the molecule is CCc1nc(SCC(=O)NC(=O)Nc2ccc(C)c(C)c2)n[nH]1. The Hall–Kier alpha value is -2.35. The number of hydrogen-bond donors (Lipinski definition) is 3. The number of nitrogens with zero attached hydrogens (tertiary/aromatic N) is 2. The molecule has 0 unspecified atom stereocenters. The smallest absolute Gasteiger partial charge is 0.308 e. The molecule has 3 amide bonds. The second-order valence-corrected chi connectivity index (χ2v) is 5.95. The first-order valence-corrected chi connectivity index (χ1v) is 8.18. The highest BCUT2D eigenvalue weighted by Crippen LogP contribution is 2.14. The lowest BCUT2D eigenvalue weighted by Crippen LogP contribution is -2.35. The van der Waals surface area contributed by atoms with E-state index in [1.165, 1.54) is 11.8 Å². The van der Waals surface area contributed by atoms with Gasteiger partial charge in [0.05, 0.1) is 5.75 Å². The lowest BCUT2D eigenvalue weighted by atomic mass is 10.1. The summed E-state index contributed by atoms with van der Waals surface area (Å²) < 4.78 is 0. The van der Waals surface area contributed by atoms with Crippen LogP contribution in [0.1, 0.15) is 23.9 Å². The van der Waals surface area contributed by atoms with E-state index in [1.807, 2.05) is 32.9 Å². The Bertz CT molecular complexity index is 714. The number of nitrogens with one attached hydrogen (secondary N) is 3. The van der Waals surface area contributed by atoms with Gasteiger partial charge in [-0.15, -0.1) is 5.10 Å². The molecule has 3 N–H and O–H groups in total. The van der Waals surface area contributed by atoms with Gasteiger partial charge in [-0.05, 0) is 37.1 Å². The van der Waals surface area contributed by atoms with Crippen LogP contribution in [0.25, 0.3) is 0 Å². The molecule has 1 aromatic heterocycles. The lowest BCUT2D eigenvalue weighted by molar-refractivity contribution is -0.117. The highest BCUT2D eigenvalue weighted by Gasteiger charge is 2.11. The molecule has 2 rings (SSSR count). The maximum Gasteiger partial charge on any atom is 0.325 e. The van der Waals surface area contributed by atoms with Gasteiger partial charge in [0.1, 0.15) is 5.82 Å². The first-order valence-electron chi connectivity index (χ1n) is 7.20. The Kier molecular flexibility index (Phi) is 5.75. The number of thioether (sulfide) groups is 1. The van der Waals surface area contributed by atoms with E-state index >= 15 is 0 Å². The van der Waals surface area contributed by atoms with Crippen molar-refractivity contribution in [2.24, 2.45) is 0 Å². The van der Waals surface area contributed by atoms with Gasteiger partial charge in [-0.25, -0.2) is 9.78 Å². The fourth-order valence-electron chi connectivity index (χ4n) is 1.77. The van der Waals surface area contributed by atoms with Crippen molar-refractivity contribution in [1.29, 1.82) is 0 Å². The molecular weight excluding hydrogens is 314 g/mol. The normalized spacial score (nSPS) is 10.4. The summed E-state index contributed by atoms with van der Waals surface area (Å²) in [5.74, 6) is 0.432. The van der Waals surface area contributed by atoms with Gasteiger partial charge in [0, 0.05) is 12.1 Å². The zero-order valence-corrected chi connectivity index (χ0v) is 14.1. The first-order chi connectivity index (χ1) is 11.0. The molecule has 0 aliphatic carbocycles. The molecule has 0 spiro atoms. The molecule has 122 valence electrons. The molecule has 1 heterocycles. The van der Waals surface area contributed by atoms with E-state index in [1.54, 1.807) is 6.07 Å². The number of amides is 3. The predicted octanol–water partition coefficient (Wildman–Crippen LogP) is 2.42. The monoisotopic (exact) mass is 333 g/mol. The Balaban J connectivity index is 1.80. The zero-order chi connectivity index (χ0) is 16.8. The van der Waals surface area contributed by atoms with E-state index in [-0.39, 0.29) is 5.75 Å².